The average Bonchev–Trinajstić information content (AvgIpc) is 2.98. The number of rotatable bonds is 6. The van der Waals surface area contributed by atoms with E-state index >= 15 is 0 Å². The topological polar surface area (TPSA) is 43.4 Å². The number of ether oxygens (including phenoxy) is 2. The third-order valence-electron chi connectivity index (χ3n) is 3.53. The maximum absolute atomic E-state index is 5.33. The lowest BCUT2D eigenvalue weighted by molar-refractivity contribution is 0.354. The summed E-state index contributed by atoms with van der Waals surface area (Å²) in [5, 5.41) is 4.59. The van der Waals surface area contributed by atoms with Gasteiger partial charge in [0.05, 0.1) is 18.9 Å². The number of anilines is 1. The molecule has 0 aliphatic heterocycles. The van der Waals surface area contributed by atoms with Gasteiger partial charge in [-0.3, -0.25) is 0 Å². The highest BCUT2D eigenvalue weighted by atomic mass is 32.1. The largest absolute Gasteiger partial charge is 0.493 e. The van der Waals surface area contributed by atoms with Crippen molar-refractivity contribution in [3.05, 3.63) is 48.0 Å². The van der Waals surface area contributed by atoms with Crippen LogP contribution in [0.2, 0.25) is 0 Å². The minimum Gasteiger partial charge on any atom is -0.493 e. The molecule has 0 bridgehead atoms. The van der Waals surface area contributed by atoms with Gasteiger partial charge in [0.2, 0.25) is 0 Å². The van der Waals surface area contributed by atoms with E-state index in [1.165, 1.54) is 27.2 Å². The molecule has 2 aromatic carbocycles. The second-order valence-electron chi connectivity index (χ2n) is 4.89. The van der Waals surface area contributed by atoms with Crippen LogP contribution < -0.4 is 14.8 Å². The lowest BCUT2D eigenvalue weighted by Crippen LogP contribution is -2.05. The summed E-state index contributed by atoms with van der Waals surface area (Å²) in [6.07, 6.45) is 0.895. The summed E-state index contributed by atoms with van der Waals surface area (Å²) in [7, 11) is 3.30. The van der Waals surface area contributed by atoms with Gasteiger partial charge in [0, 0.05) is 11.9 Å². The molecule has 3 aromatic rings. The highest BCUT2D eigenvalue weighted by molar-refractivity contribution is 7.13. The van der Waals surface area contributed by atoms with Gasteiger partial charge in [-0.25, -0.2) is 0 Å². The van der Waals surface area contributed by atoms with Crippen molar-refractivity contribution in [1.82, 2.24) is 4.37 Å². The van der Waals surface area contributed by atoms with Gasteiger partial charge in [-0.15, -0.1) is 0 Å². The van der Waals surface area contributed by atoms with Crippen molar-refractivity contribution in [2.75, 3.05) is 26.1 Å². The minimum atomic E-state index is 0.754. The van der Waals surface area contributed by atoms with Gasteiger partial charge in [0.1, 0.15) is 5.82 Å². The van der Waals surface area contributed by atoms with Crippen LogP contribution in [0.5, 0.6) is 11.5 Å². The van der Waals surface area contributed by atoms with Gasteiger partial charge in [-0.2, -0.15) is 4.37 Å². The van der Waals surface area contributed by atoms with E-state index in [1.807, 2.05) is 24.3 Å². The Morgan fingerprint density at radius 3 is 2.68 bits per heavy atom. The Balaban J connectivity index is 1.66. The zero-order valence-corrected chi connectivity index (χ0v) is 13.4. The fourth-order valence-corrected chi connectivity index (χ4v) is 3.13. The molecule has 0 unspecified atom stereocenters. The van der Waals surface area contributed by atoms with Crippen LogP contribution in [0.15, 0.2) is 42.5 Å². The van der Waals surface area contributed by atoms with Crippen LogP contribution >= 0.6 is 11.5 Å². The van der Waals surface area contributed by atoms with Crippen molar-refractivity contribution < 1.29 is 9.47 Å². The molecule has 0 radical (unpaired) electrons. The zero-order chi connectivity index (χ0) is 15.4. The predicted octanol–water partition coefficient (Wildman–Crippen LogP) is 3.97. The third-order valence-corrected chi connectivity index (χ3v) is 4.36. The molecule has 1 heterocycles. The van der Waals surface area contributed by atoms with E-state index in [0.717, 1.165) is 30.3 Å². The Morgan fingerprint density at radius 1 is 1.05 bits per heavy atom. The number of aromatic nitrogens is 1. The molecular formula is C17H18N2O2S. The van der Waals surface area contributed by atoms with Gasteiger partial charge < -0.3 is 14.8 Å². The second-order valence-corrected chi connectivity index (χ2v) is 5.70. The normalized spacial score (nSPS) is 10.6. The number of nitrogens with zero attached hydrogens (tertiary/aromatic N) is 1. The van der Waals surface area contributed by atoms with E-state index in [2.05, 4.69) is 27.9 Å². The molecule has 1 aromatic heterocycles. The molecular weight excluding hydrogens is 296 g/mol. The minimum absolute atomic E-state index is 0.754. The number of hydrogen-bond acceptors (Lipinski definition) is 5. The first-order valence-electron chi connectivity index (χ1n) is 7.11. The number of fused-ring (bicyclic) bond motifs is 1. The summed E-state index contributed by atoms with van der Waals surface area (Å²) in [5.74, 6) is 2.48. The van der Waals surface area contributed by atoms with E-state index in [4.69, 9.17) is 9.47 Å². The molecule has 0 aliphatic carbocycles. The number of nitrogens with one attached hydrogen (secondary N) is 1. The first-order valence-corrected chi connectivity index (χ1v) is 7.88. The Labute approximate surface area is 133 Å². The molecule has 0 fully saturated rings. The molecule has 1 N–H and O–H groups in total. The summed E-state index contributed by atoms with van der Waals surface area (Å²) in [5.41, 5.74) is 1.20. The first-order chi connectivity index (χ1) is 10.8. The van der Waals surface area contributed by atoms with Gasteiger partial charge in [-0.05, 0) is 47.8 Å². The van der Waals surface area contributed by atoms with Gasteiger partial charge in [0.15, 0.2) is 11.5 Å². The number of benzene rings is 2. The SMILES string of the molecule is COc1ccc(CCNc2nsc3ccccc23)cc1OC. The van der Waals surface area contributed by atoms with Crippen LogP contribution in [-0.4, -0.2) is 25.1 Å². The first kappa shape index (κ1) is 14.7. The summed E-state index contributed by atoms with van der Waals surface area (Å²) >= 11 is 1.52. The summed E-state index contributed by atoms with van der Waals surface area (Å²) in [6.45, 7) is 0.823. The highest BCUT2D eigenvalue weighted by Crippen LogP contribution is 2.28. The summed E-state index contributed by atoms with van der Waals surface area (Å²) in [6, 6.07) is 14.3. The Hall–Kier alpha value is -2.27. The molecule has 0 saturated heterocycles. The van der Waals surface area contributed by atoms with Crippen molar-refractivity contribution >= 4 is 27.4 Å². The molecule has 3 rings (SSSR count). The van der Waals surface area contributed by atoms with Crippen LogP contribution in [0.25, 0.3) is 10.1 Å². The molecule has 0 saturated carbocycles. The fraction of sp³-hybridized carbons (Fsp3) is 0.235. The maximum atomic E-state index is 5.33. The van der Waals surface area contributed by atoms with E-state index in [1.54, 1.807) is 14.2 Å². The number of hydrogen-bond donors (Lipinski definition) is 1. The van der Waals surface area contributed by atoms with E-state index < -0.39 is 0 Å². The second kappa shape index (κ2) is 6.66. The molecule has 0 spiro atoms. The monoisotopic (exact) mass is 314 g/mol. The summed E-state index contributed by atoms with van der Waals surface area (Å²) < 4.78 is 16.3. The standard InChI is InChI=1S/C17H18N2O2S/c1-20-14-8-7-12(11-15(14)21-2)9-10-18-17-13-5-3-4-6-16(13)22-19-17/h3-8,11H,9-10H2,1-2H3,(H,18,19). The van der Waals surface area contributed by atoms with Gasteiger partial charge in [0.25, 0.3) is 0 Å². The Morgan fingerprint density at radius 2 is 1.86 bits per heavy atom. The zero-order valence-electron chi connectivity index (χ0n) is 12.6. The van der Waals surface area contributed by atoms with Crippen LogP contribution in [0.3, 0.4) is 0 Å². The molecule has 22 heavy (non-hydrogen) atoms. The Kier molecular flexibility index (Phi) is 4.44. The lowest BCUT2D eigenvalue weighted by Gasteiger charge is -2.10. The van der Waals surface area contributed by atoms with Crippen molar-refractivity contribution in [2.45, 2.75) is 6.42 Å². The molecule has 114 valence electrons. The van der Waals surface area contributed by atoms with Crippen molar-refractivity contribution in [3.63, 3.8) is 0 Å². The molecule has 0 atom stereocenters. The predicted molar refractivity (Wildman–Crippen MR) is 91.4 cm³/mol. The fourth-order valence-electron chi connectivity index (χ4n) is 2.37. The number of methoxy groups -OCH3 is 2. The van der Waals surface area contributed by atoms with Crippen molar-refractivity contribution in [1.29, 1.82) is 0 Å². The summed E-state index contributed by atoms with van der Waals surface area (Å²) in [4.78, 5) is 0. The van der Waals surface area contributed by atoms with Crippen LogP contribution in [0.4, 0.5) is 5.82 Å². The van der Waals surface area contributed by atoms with Crippen LogP contribution in [0, 0.1) is 0 Å². The van der Waals surface area contributed by atoms with Crippen LogP contribution in [0.1, 0.15) is 5.56 Å². The van der Waals surface area contributed by atoms with E-state index in [-0.39, 0.29) is 0 Å². The molecule has 0 amide bonds. The highest BCUT2D eigenvalue weighted by Gasteiger charge is 2.06. The average molecular weight is 314 g/mol. The lowest BCUT2D eigenvalue weighted by atomic mass is 10.1. The maximum Gasteiger partial charge on any atom is 0.160 e. The molecule has 4 nitrogen and oxygen atoms in total. The van der Waals surface area contributed by atoms with Crippen molar-refractivity contribution in [3.8, 4) is 11.5 Å². The quantitative estimate of drug-likeness (QED) is 0.747. The van der Waals surface area contributed by atoms with Gasteiger partial charge in [-0.1, -0.05) is 18.2 Å². The van der Waals surface area contributed by atoms with E-state index in [0.29, 0.717) is 0 Å². The smallest absolute Gasteiger partial charge is 0.160 e. The van der Waals surface area contributed by atoms with Crippen molar-refractivity contribution in [2.24, 2.45) is 0 Å². The molecule has 0 aliphatic rings. The third kappa shape index (κ3) is 2.99. The van der Waals surface area contributed by atoms with Gasteiger partial charge >= 0.3 is 0 Å². The van der Waals surface area contributed by atoms with E-state index in [9.17, 15) is 0 Å². The Bertz CT molecular complexity index is 770. The van der Waals surface area contributed by atoms with Crippen LogP contribution in [-0.2, 0) is 6.42 Å². The molecule has 5 heteroatoms.